The molecule has 0 bridgehead atoms. The Hall–Kier alpha value is -2.70. The zero-order valence-electron chi connectivity index (χ0n) is 10.0. The zero-order chi connectivity index (χ0) is 14.4. The molecule has 0 saturated carbocycles. The molecule has 1 aromatic carbocycles. The van der Waals surface area contributed by atoms with Gasteiger partial charge in [0.05, 0.1) is 17.1 Å². The molecular formula is C12H11NO6. The number of rotatable bonds is 5. The van der Waals surface area contributed by atoms with E-state index in [0.717, 1.165) is 24.3 Å². The molecule has 1 rings (SSSR count). The Balaban J connectivity index is 3.14. The average Bonchev–Trinajstić information content (AvgIpc) is 2.36. The summed E-state index contributed by atoms with van der Waals surface area (Å²) in [6.45, 7) is 1.81. The highest BCUT2D eigenvalue weighted by Gasteiger charge is 2.13. The van der Waals surface area contributed by atoms with Crippen LogP contribution in [-0.4, -0.2) is 28.6 Å². The standard InChI is InChI=1S/C12H11NO6/c1-2-19-11(14)6-3-8-7-9(13(17)18)4-5-10(8)12(15)16/h3-7H,2H2,1H3,(H,15,16). The lowest BCUT2D eigenvalue weighted by molar-refractivity contribution is -0.384. The van der Waals surface area contributed by atoms with Gasteiger partial charge in [0.15, 0.2) is 0 Å². The van der Waals surface area contributed by atoms with Crippen LogP contribution in [0.1, 0.15) is 22.8 Å². The summed E-state index contributed by atoms with van der Waals surface area (Å²) in [5.41, 5.74) is -0.325. The molecule has 7 heteroatoms. The molecule has 0 atom stereocenters. The van der Waals surface area contributed by atoms with Gasteiger partial charge in [-0.25, -0.2) is 9.59 Å². The number of non-ortho nitro benzene ring substituents is 1. The molecule has 1 aromatic rings. The first-order valence-corrected chi connectivity index (χ1v) is 5.32. The van der Waals surface area contributed by atoms with Crippen molar-refractivity contribution < 1.29 is 24.4 Å². The Morgan fingerprint density at radius 2 is 2.16 bits per heavy atom. The van der Waals surface area contributed by atoms with Gasteiger partial charge in [0.2, 0.25) is 0 Å². The van der Waals surface area contributed by atoms with Crippen molar-refractivity contribution in [3.63, 3.8) is 0 Å². The number of benzene rings is 1. The minimum atomic E-state index is -1.24. The normalized spacial score (nSPS) is 10.4. The van der Waals surface area contributed by atoms with Gasteiger partial charge in [0, 0.05) is 18.2 Å². The van der Waals surface area contributed by atoms with Gasteiger partial charge in [0.1, 0.15) is 0 Å². The summed E-state index contributed by atoms with van der Waals surface area (Å²) in [5, 5.41) is 19.6. The van der Waals surface area contributed by atoms with Crippen LogP contribution in [-0.2, 0) is 9.53 Å². The maximum atomic E-state index is 11.1. The monoisotopic (exact) mass is 265 g/mol. The summed E-state index contributed by atoms with van der Waals surface area (Å²) in [4.78, 5) is 32.1. The molecule has 0 aliphatic carbocycles. The number of hydrogen-bond donors (Lipinski definition) is 1. The first-order valence-electron chi connectivity index (χ1n) is 5.32. The highest BCUT2D eigenvalue weighted by atomic mass is 16.6. The van der Waals surface area contributed by atoms with E-state index >= 15 is 0 Å². The van der Waals surface area contributed by atoms with Crippen LogP contribution in [0.4, 0.5) is 5.69 Å². The van der Waals surface area contributed by atoms with Gasteiger partial charge in [-0.2, -0.15) is 0 Å². The summed E-state index contributed by atoms with van der Waals surface area (Å²) >= 11 is 0. The molecule has 0 amide bonds. The van der Waals surface area contributed by atoms with Gasteiger partial charge in [-0.3, -0.25) is 10.1 Å². The second-order valence-corrected chi connectivity index (χ2v) is 3.42. The second-order valence-electron chi connectivity index (χ2n) is 3.42. The van der Waals surface area contributed by atoms with Crippen LogP contribution in [0.15, 0.2) is 24.3 Å². The molecule has 100 valence electrons. The van der Waals surface area contributed by atoms with Crippen molar-refractivity contribution in [1.29, 1.82) is 0 Å². The van der Waals surface area contributed by atoms with E-state index in [9.17, 15) is 19.7 Å². The van der Waals surface area contributed by atoms with Crippen molar-refractivity contribution >= 4 is 23.7 Å². The van der Waals surface area contributed by atoms with Crippen molar-refractivity contribution in [1.82, 2.24) is 0 Å². The molecule has 19 heavy (non-hydrogen) atoms. The molecule has 0 radical (unpaired) electrons. The molecule has 0 spiro atoms. The van der Waals surface area contributed by atoms with E-state index in [2.05, 4.69) is 4.74 Å². The fourth-order valence-electron chi connectivity index (χ4n) is 1.34. The van der Waals surface area contributed by atoms with Crippen molar-refractivity contribution in [3.8, 4) is 0 Å². The van der Waals surface area contributed by atoms with E-state index in [4.69, 9.17) is 5.11 Å². The minimum Gasteiger partial charge on any atom is -0.478 e. The van der Waals surface area contributed by atoms with Crippen LogP contribution >= 0.6 is 0 Å². The largest absolute Gasteiger partial charge is 0.478 e. The van der Waals surface area contributed by atoms with Crippen LogP contribution in [0.5, 0.6) is 0 Å². The smallest absolute Gasteiger partial charge is 0.336 e. The van der Waals surface area contributed by atoms with Crippen LogP contribution in [0.3, 0.4) is 0 Å². The van der Waals surface area contributed by atoms with Crippen molar-refractivity contribution in [2.75, 3.05) is 6.61 Å². The molecule has 0 unspecified atom stereocenters. The lowest BCUT2D eigenvalue weighted by Gasteiger charge is -2.01. The average molecular weight is 265 g/mol. The first kappa shape index (κ1) is 14.4. The summed E-state index contributed by atoms with van der Waals surface area (Å²) in [5.74, 6) is -1.89. The van der Waals surface area contributed by atoms with Crippen LogP contribution < -0.4 is 0 Å². The van der Waals surface area contributed by atoms with E-state index in [1.165, 1.54) is 6.08 Å². The van der Waals surface area contributed by atoms with Crippen LogP contribution in [0.2, 0.25) is 0 Å². The molecule has 7 nitrogen and oxygen atoms in total. The van der Waals surface area contributed by atoms with Crippen molar-refractivity contribution in [3.05, 3.63) is 45.5 Å². The Labute approximate surface area is 108 Å². The number of aromatic carboxylic acids is 1. The lowest BCUT2D eigenvalue weighted by Crippen LogP contribution is -2.02. The molecule has 0 fully saturated rings. The van der Waals surface area contributed by atoms with Crippen LogP contribution in [0.25, 0.3) is 6.08 Å². The summed E-state index contributed by atoms with van der Waals surface area (Å²) < 4.78 is 4.63. The van der Waals surface area contributed by atoms with Gasteiger partial charge in [-0.05, 0) is 24.6 Å². The first-order chi connectivity index (χ1) is 8.95. The predicted octanol–water partition coefficient (Wildman–Crippen LogP) is 1.87. The molecule has 0 aromatic heterocycles. The maximum absolute atomic E-state index is 11.1. The number of esters is 1. The number of nitro groups is 1. The number of nitrogens with zero attached hydrogens (tertiary/aromatic N) is 1. The SMILES string of the molecule is CCOC(=O)C=Cc1cc([N+](=O)[O-])ccc1C(=O)O. The number of carboxylic acids is 1. The number of carbonyl (C=O) groups is 2. The van der Waals surface area contributed by atoms with Gasteiger partial charge < -0.3 is 9.84 Å². The van der Waals surface area contributed by atoms with Crippen LogP contribution in [0, 0.1) is 10.1 Å². The maximum Gasteiger partial charge on any atom is 0.336 e. The Bertz CT molecular complexity index is 549. The topological polar surface area (TPSA) is 107 Å². The number of carbonyl (C=O) groups excluding carboxylic acids is 1. The number of hydrogen-bond acceptors (Lipinski definition) is 5. The third-order valence-electron chi connectivity index (χ3n) is 2.16. The highest BCUT2D eigenvalue weighted by molar-refractivity contribution is 5.95. The third kappa shape index (κ3) is 3.91. The third-order valence-corrected chi connectivity index (χ3v) is 2.16. The molecular weight excluding hydrogens is 254 g/mol. The van der Waals surface area contributed by atoms with Crippen molar-refractivity contribution in [2.45, 2.75) is 6.92 Å². The minimum absolute atomic E-state index is 0.0646. The molecule has 0 aliphatic heterocycles. The zero-order valence-corrected chi connectivity index (χ0v) is 10.0. The lowest BCUT2D eigenvalue weighted by atomic mass is 10.1. The highest BCUT2D eigenvalue weighted by Crippen LogP contribution is 2.19. The van der Waals surface area contributed by atoms with E-state index in [-0.39, 0.29) is 23.4 Å². The fourth-order valence-corrected chi connectivity index (χ4v) is 1.34. The van der Waals surface area contributed by atoms with E-state index < -0.39 is 16.9 Å². The molecule has 0 saturated heterocycles. The molecule has 0 heterocycles. The summed E-state index contributed by atoms with van der Waals surface area (Å²) in [6.07, 6.45) is 2.20. The second kappa shape index (κ2) is 6.29. The molecule has 1 N–H and O–H groups in total. The Morgan fingerprint density at radius 1 is 1.47 bits per heavy atom. The van der Waals surface area contributed by atoms with Gasteiger partial charge in [-0.1, -0.05) is 0 Å². The van der Waals surface area contributed by atoms with E-state index in [1.807, 2.05) is 0 Å². The Kier molecular flexibility index (Phi) is 4.76. The fraction of sp³-hybridized carbons (Fsp3) is 0.167. The number of nitro benzene ring substituents is 1. The number of carboxylic acid groups (broad SMARTS) is 1. The number of ether oxygens (including phenoxy) is 1. The van der Waals surface area contributed by atoms with E-state index in [0.29, 0.717) is 0 Å². The summed E-state index contributed by atoms with van der Waals surface area (Å²) in [7, 11) is 0. The predicted molar refractivity (Wildman–Crippen MR) is 65.7 cm³/mol. The summed E-state index contributed by atoms with van der Waals surface area (Å²) in [6, 6.07) is 3.29. The van der Waals surface area contributed by atoms with Gasteiger partial charge in [0.25, 0.3) is 5.69 Å². The van der Waals surface area contributed by atoms with Crippen molar-refractivity contribution in [2.24, 2.45) is 0 Å². The van der Waals surface area contributed by atoms with E-state index in [1.54, 1.807) is 6.92 Å². The quantitative estimate of drug-likeness (QED) is 0.377. The Morgan fingerprint density at radius 3 is 2.68 bits per heavy atom. The van der Waals surface area contributed by atoms with Gasteiger partial charge in [-0.15, -0.1) is 0 Å². The van der Waals surface area contributed by atoms with Gasteiger partial charge >= 0.3 is 11.9 Å². The molecule has 0 aliphatic rings.